The number of aromatic nitrogens is 3. The zero-order valence-corrected chi connectivity index (χ0v) is 17.1. The summed E-state index contributed by atoms with van der Waals surface area (Å²) in [6, 6.07) is 13.7. The molecule has 4 rings (SSSR count). The zero-order chi connectivity index (χ0) is 19.7. The van der Waals surface area contributed by atoms with Gasteiger partial charge in [-0.2, -0.15) is 0 Å². The monoisotopic (exact) mass is 399 g/mol. The van der Waals surface area contributed by atoms with Crippen LogP contribution in [0.2, 0.25) is 5.02 Å². The summed E-state index contributed by atoms with van der Waals surface area (Å²) in [5.74, 6) is 0. The van der Waals surface area contributed by atoms with Crippen molar-refractivity contribution in [1.82, 2.24) is 19.1 Å². The minimum absolute atomic E-state index is 0.0556. The van der Waals surface area contributed by atoms with E-state index in [1.54, 1.807) is 15.3 Å². The SMILES string of the molecule is CC(C)(CN1CCN(c2cccc(Cl)c2)CC1)Cn1nc2ccccn2c1=O. The van der Waals surface area contributed by atoms with Crippen molar-refractivity contribution in [2.45, 2.75) is 20.4 Å². The Bertz CT molecular complexity index is 1020. The number of halogens is 1. The third-order valence-electron chi connectivity index (χ3n) is 5.26. The molecule has 1 aliphatic rings. The summed E-state index contributed by atoms with van der Waals surface area (Å²) in [4.78, 5) is 17.4. The second-order valence-corrected chi connectivity index (χ2v) is 8.71. The van der Waals surface area contributed by atoms with E-state index < -0.39 is 0 Å². The predicted octanol–water partition coefficient (Wildman–Crippen LogP) is 3.00. The Balaban J connectivity index is 1.38. The Morgan fingerprint density at radius 3 is 2.54 bits per heavy atom. The maximum atomic E-state index is 12.6. The van der Waals surface area contributed by atoms with E-state index in [-0.39, 0.29) is 11.1 Å². The van der Waals surface area contributed by atoms with Gasteiger partial charge in [0.1, 0.15) is 0 Å². The van der Waals surface area contributed by atoms with Gasteiger partial charge >= 0.3 is 5.69 Å². The molecule has 0 radical (unpaired) electrons. The molecule has 2 aromatic heterocycles. The summed E-state index contributed by atoms with van der Waals surface area (Å²) < 4.78 is 3.19. The first-order valence-corrected chi connectivity index (χ1v) is 10.1. The van der Waals surface area contributed by atoms with Gasteiger partial charge in [0.05, 0.1) is 6.54 Å². The molecular weight excluding hydrogens is 374 g/mol. The lowest BCUT2D eigenvalue weighted by molar-refractivity contribution is 0.148. The van der Waals surface area contributed by atoms with Crippen molar-refractivity contribution in [3.8, 4) is 0 Å². The molecular formula is C21H26ClN5O. The summed E-state index contributed by atoms with van der Waals surface area (Å²) in [7, 11) is 0. The number of piperazine rings is 1. The lowest BCUT2D eigenvalue weighted by Gasteiger charge is -2.39. The molecule has 28 heavy (non-hydrogen) atoms. The second-order valence-electron chi connectivity index (χ2n) is 8.28. The van der Waals surface area contributed by atoms with Crippen LogP contribution in [-0.4, -0.2) is 51.8 Å². The van der Waals surface area contributed by atoms with Crippen molar-refractivity contribution in [1.29, 1.82) is 0 Å². The highest BCUT2D eigenvalue weighted by Crippen LogP contribution is 2.23. The molecule has 1 aromatic carbocycles. The van der Waals surface area contributed by atoms with E-state index >= 15 is 0 Å². The number of anilines is 1. The van der Waals surface area contributed by atoms with Crippen LogP contribution in [0, 0.1) is 5.41 Å². The quantitative estimate of drug-likeness (QED) is 0.661. The van der Waals surface area contributed by atoms with Gasteiger partial charge in [-0.1, -0.05) is 37.6 Å². The van der Waals surface area contributed by atoms with E-state index in [4.69, 9.17) is 11.6 Å². The van der Waals surface area contributed by atoms with Gasteiger partial charge in [-0.25, -0.2) is 9.48 Å². The molecule has 1 fully saturated rings. The van der Waals surface area contributed by atoms with Gasteiger partial charge in [-0.3, -0.25) is 9.30 Å². The molecule has 0 bridgehead atoms. The fourth-order valence-corrected chi connectivity index (χ4v) is 4.15. The summed E-state index contributed by atoms with van der Waals surface area (Å²) in [6.45, 7) is 9.87. The smallest absolute Gasteiger partial charge is 0.350 e. The van der Waals surface area contributed by atoms with E-state index in [1.165, 1.54) is 5.69 Å². The van der Waals surface area contributed by atoms with E-state index in [0.717, 1.165) is 37.7 Å². The van der Waals surface area contributed by atoms with Crippen LogP contribution in [0.5, 0.6) is 0 Å². The lowest BCUT2D eigenvalue weighted by atomic mass is 9.92. The highest BCUT2D eigenvalue weighted by molar-refractivity contribution is 6.30. The number of hydrogen-bond acceptors (Lipinski definition) is 4. The van der Waals surface area contributed by atoms with Gasteiger partial charge in [-0.05, 0) is 35.7 Å². The number of pyridine rings is 1. The molecule has 3 aromatic rings. The van der Waals surface area contributed by atoms with Gasteiger partial charge in [-0.15, -0.1) is 5.10 Å². The van der Waals surface area contributed by atoms with Crippen molar-refractivity contribution in [3.05, 3.63) is 64.2 Å². The molecule has 0 unspecified atom stereocenters. The van der Waals surface area contributed by atoms with Crippen molar-refractivity contribution in [2.75, 3.05) is 37.6 Å². The summed E-state index contributed by atoms with van der Waals surface area (Å²) in [5, 5.41) is 5.26. The Labute approximate surface area is 169 Å². The molecule has 0 amide bonds. The Kier molecular flexibility index (Phi) is 5.17. The maximum Gasteiger partial charge on any atom is 0.350 e. The van der Waals surface area contributed by atoms with E-state index in [9.17, 15) is 4.79 Å². The molecule has 0 saturated carbocycles. The molecule has 1 saturated heterocycles. The normalized spacial score (nSPS) is 16.0. The van der Waals surface area contributed by atoms with Crippen LogP contribution < -0.4 is 10.6 Å². The van der Waals surface area contributed by atoms with Gasteiger partial charge in [0.25, 0.3) is 0 Å². The van der Waals surface area contributed by atoms with Crippen LogP contribution in [0.15, 0.2) is 53.5 Å². The molecule has 0 N–H and O–H groups in total. The first-order valence-electron chi connectivity index (χ1n) is 9.68. The largest absolute Gasteiger partial charge is 0.369 e. The molecule has 7 heteroatoms. The molecule has 1 aliphatic heterocycles. The first kappa shape index (κ1) is 19.0. The fourth-order valence-electron chi connectivity index (χ4n) is 3.97. The molecule has 6 nitrogen and oxygen atoms in total. The second kappa shape index (κ2) is 7.60. The zero-order valence-electron chi connectivity index (χ0n) is 16.4. The minimum atomic E-state index is -0.0746. The van der Waals surface area contributed by atoms with Crippen molar-refractivity contribution < 1.29 is 0 Å². The number of benzene rings is 1. The molecule has 0 atom stereocenters. The predicted molar refractivity (Wildman–Crippen MR) is 113 cm³/mol. The lowest BCUT2D eigenvalue weighted by Crippen LogP contribution is -2.50. The number of nitrogens with zero attached hydrogens (tertiary/aromatic N) is 5. The highest BCUT2D eigenvalue weighted by Gasteiger charge is 2.27. The van der Waals surface area contributed by atoms with Crippen molar-refractivity contribution in [2.24, 2.45) is 5.41 Å². The summed E-state index contributed by atoms with van der Waals surface area (Å²) in [5.41, 5.74) is 1.75. The van der Waals surface area contributed by atoms with Crippen LogP contribution >= 0.6 is 11.6 Å². The van der Waals surface area contributed by atoms with Crippen molar-refractivity contribution >= 4 is 22.9 Å². The number of hydrogen-bond donors (Lipinski definition) is 0. The number of rotatable bonds is 5. The molecule has 0 spiro atoms. The average molecular weight is 400 g/mol. The molecule has 3 heterocycles. The Morgan fingerprint density at radius 2 is 1.82 bits per heavy atom. The van der Waals surface area contributed by atoms with Gasteiger partial charge < -0.3 is 4.90 Å². The van der Waals surface area contributed by atoms with Crippen LogP contribution in [0.25, 0.3) is 5.65 Å². The average Bonchev–Trinajstić information content (AvgIpc) is 2.97. The third kappa shape index (κ3) is 4.08. The van der Waals surface area contributed by atoms with E-state index in [1.807, 2.05) is 36.4 Å². The van der Waals surface area contributed by atoms with Gasteiger partial charge in [0.15, 0.2) is 5.65 Å². The standard InChI is InChI=1S/C21H26ClN5O/c1-21(2,16-27-20(28)26-9-4-3-8-19(26)23-27)15-24-10-12-25(13-11-24)18-7-5-6-17(22)14-18/h3-9,14H,10-13,15-16H2,1-2H3. The van der Waals surface area contributed by atoms with Crippen LogP contribution in [0.1, 0.15) is 13.8 Å². The molecule has 0 aliphatic carbocycles. The highest BCUT2D eigenvalue weighted by atomic mass is 35.5. The van der Waals surface area contributed by atoms with Crippen LogP contribution in [-0.2, 0) is 6.54 Å². The van der Waals surface area contributed by atoms with Gasteiger partial charge in [0.2, 0.25) is 0 Å². The van der Waals surface area contributed by atoms with Gasteiger partial charge in [0, 0.05) is 49.6 Å². The first-order chi connectivity index (χ1) is 13.4. The summed E-state index contributed by atoms with van der Waals surface area (Å²) >= 11 is 6.13. The Morgan fingerprint density at radius 1 is 1.04 bits per heavy atom. The minimum Gasteiger partial charge on any atom is -0.369 e. The van der Waals surface area contributed by atoms with Crippen LogP contribution in [0.3, 0.4) is 0 Å². The molecule has 148 valence electrons. The van der Waals surface area contributed by atoms with E-state index in [2.05, 4.69) is 34.8 Å². The fraction of sp³-hybridized carbons (Fsp3) is 0.429. The van der Waals surface area contributed by atoms with Crippen molar-refractivity contribution in [3.63, 3.8) is 0 Å². The maximum absolute atomic E-state index is 12.6. The van der Waals surface area contributed by atoms with E-state index in [0.29, 0.717) is 12.2 Å². The Hall–Kier alpha value is -2.31. The summed E-state index contributed by atoms with van der Waals surface area (Å²) in [6.07, 6.45) is 1.77. The third-order valence-corrected chi connectivity index (χ3v) is 5.50. The number of fused-ring (bicyclic) bond motifs is 1. The topological polar surface area (TPSA) is 45.8 Å². The van der Waals surface area contributed by atoms with Crippen LogP contribution in [0.4, 0.5) is 5.69 Å².